The fourth-order valence-electron chi connectivity index (χ4n) is 2.16. The largest absolute Gasteiger partial charge is 0.462 e. The third kappa shape index (κ3) is 4.25. The zero-order valence-corrected chi connectivity index (χ0v) is 15.0. The van der Waals surface area contributed by atoms with Gasteiger partial charge in [-0.25, -0.2) is 19.7 Å². The summed E-state index contributed by atoms with van der Waals surface area (Å²) >= 11 is 1.36. The van der Waals surface area contributed by atoms with E-state index < -0.39 is 0 Å². The van der Waals surface area contributed by atoms with Crippen molar-refractivity contribution in [1.29, 1.82) is 0 Å². The van der Waals surface area contributed by atoms with Crippen molar-refractivity contribution in [3.8, 4) is 0 Å². The van der Waals surface area contributed by atoms with Crippen molar-refractivity contribution in [3.05, 3.63) is 33.2 Å². The smallest absolute Gasteiger partial charge is 0.350 e. The van der Waals surface area contributed by atoms with Crippen molar-refractivity contribution in [2.75, 3.05) is 11.9 Å². The van der Waals surface area contributed by atoms with Crippen LogP contribution in [0.15, 0.2) is 6.07 Å². The van der Waals surface area contributed by atoms with Crippen molar-refractivity contribution >= 4 is 23.1 Å². The number of nitrogens with one attached hydrogen (secondary N) is 1. The van der Waals surface area contributed by atoms with Gasteiger partial charge in [0.2, 0.25) is 0 Å². The monoisotopic (exact) mass is 334 g/mol. The van der Waals surface area contributed by atoms with Gasteiger partial charge in [0.15, 0.2) is 0 Å². The van der Waals surface area contributed by atoms with E-state index in [0.717, 1.165) is 28.8 Å². The van der Waals surface area contributed by atoms with Gasteiger partial charge in [-0.1, -0.05) is 6.92 Å². The predicted octanol–water partition coefficient (Wildman–Crippen LogP) is 3.46. The average Bonchev–Trinajstić information content (AvgIpc) is 2.89. The Balaban J connectivity index is 2.18. The van der Waals surface area contributed by atoms with Crippen molar-refractivity contribution < 1.29 is 9.53 Å². The Morgan fingerprint density at radius 1 is 1.30 bits per heavy atom. The summed E-state index contributed by atoms with van der Waals surface area (Å²) in [6.45, 7) is 9.91. The van der Waals surface area contributed by atoms with Gasteiger partial charge in [-0.3, -0.25) is 0 Å². The second-order valence-corrected chi connectivity index (χ2v) is 6.23. The second-order valence-electron chi connectivity index (χ2n) is 5.20. The summed E-state index contributed by atoms with van der Waals surface area (Å²) in [6, 6.07) is 1.89. The normalized spacial score (nSPS) is 12.0. The molecule has 0 amide bonds. The third-order valence-corrected chi connectivity index (χ3v) is 4.58. The maximum atomic E-state index is 11.9. The minimum Gasteiger partial charge on any atom is -0.462 e. The molecule has 1 N–H and O–H groups in total. The number of esters is 1. The van der Waals surface area contributed by atoms with Crippen LogP contribution in [0.1, 0.15) is 58.7 Å². The number of aromatic nitrogens is 3. The van der Waals surface area contributed by atoms with Gasteiger partial charge in [0.1, 0.15) is 21.5 Å². The molecule has 0 aliphatic rings. The molecule has 2 rings (SSSR count). The zero-order chi connectivity index (χ0) is 17.0. The number of thiazole rings is 1. The van der Waals surface area contributed by atoms with Gasteiger partial charge in [-0.2, -0.15) is 0 Å². The van der Waals surface area contributed by atoms with E-state index >= 15 is 0 Å². The molecule has 1 atom stereocenters. The number of aryl methyl sites for hydroxylation is 3. The molecular weight excluding hydrogens is 312 g/mol. The number of hydrogen-bond donors (Lipinski definition) is 1. The van der Waals surface area contributed by atoms with E-state index in [0.29, 0.717) is 17.2 Å². The lowest BCUT2D eigenvalue weighted by atomic mass is 10.3. The van der Waals surface area contributed by atoms with E-state index in [2.05, 4.69) is 27.2 Å². The Bertz CT molecular complexity index is 699. The number of rotatable bonds is 6. The molecule has 0 saturated heterocycles. The van der Waals surface area contributed by atoms with Crippen molar-refractivity contribution in [3.63, 3.8) is 0 Å². The predicted molar refractivity (Wildman–Crippen MR) is 91.0 cm³/mol. The van der Waals surface area contributed by atoms with Crippen LogP contribution >= 0.6 is 11.3 Å². The summed E-state index contributed by atoms with van der Waals surface area (Å²) in [4.78, 5) is 25.7. The second kappa shape index (κ2) is 7.50. The Hall–Kier alpha value is -2.02. The fraction of sp³-hybridized carbons (Fsp3) is 0.500. The number of anilines is 1. The highest BCUT2D eigenvalue weighted by molar-refractivity contribution is 7.13. The maximum Gasteiger partial charge on any atom is 0.350 e. The van der Waals surface area contributed by atoms with Crippen LogP contribution < -0.4 is 5.32 Å². The minimum atomic E-state index is -0.313. The minimum absolute atomic E-state index is 0.0547. The molecule has 0 spiro atoms. The molecular formula is C16H22N4O2S. The van der Waals surface area contributed by atoms with Gasteiger partial charge in [0, 0.05) is 11.8 Å². The Morgan fingerprint density at radius 3 is 2.70 bits per heavy atom. The highest BCUT2D eigenvalue weighted by Gasteiger charge is 2.19. The van der Waals surface area contributed by atoms with Crippen molar-refractivity contribution in [1.82, 2.24) is 15.0 Å². The highest BCUT2D eigenvalue weighted by atomic mass is 32.1. The van der Waals surface area contributed by atoms with Crippen LogP contribution in [0.25, 0.3) is 0 Å². The number of carbonyl (C=O) groups excluding carboxylic acids is 1. The number of ether oxygens (including phenoxy) is 1. The van der Waals surface area contributed by atoms with Gasteiger partial charge in [0.25, 0.3) is 0 Å². The van der Waals surface area contributed by atoms with Crippen LogP contribution in [0.5, 0.6) is 0 Å². The Kier molecular flexibility index (Phi) is 5.65. The first kappa shape index (κ1) is 17.3. The van der Waals surface area contributed by atoms with E-state index in [1.165, 1.54) is 11.3 Å². The van der Waals surface area contributed by atoms with Crippen LogP contribution in [-0.2, 0) is 11.2 Å². The molecule has 0 aliphatic heterocycles. The standard InChI is InChI=1S/C16H22N4O2S/c1-6-12-8-13(20-11(5)19-12)17-10(4)15-18-9(3)14(23-15)16(21)22-7-2/h8,10H,6-7H2,1-5H3,(H,17,19,20). The zero-order valence-electron chi connectivity index (χ0n) is 14.1. The molecule has 0 aromatic carbocycles. The molecule has 2 aromatic rings. The van der Waals surface area contributed by atoms with E-state index in [9.17, 15) is 4.79 Å². The molecule has 0 aliphatic carbocycles. The molecule has 1 unspecified atom stereocenters. The molecule has 2 aromatic heterocycles. The van der Waals surface area contributed by atoms with Gasteiger partial charge < -0.3 is 10.1 Å². The van der Waals surface area contributed by atoms with Gasteiger partial charge in [-0.15, -0.1) is 11.3 Å². The topological polar surface area (TPSA) is 77.0 Å². The van der Waals surface area contributed by atoms with Crippen LogP contribution in [0.4, 0.5) is 5.82 Å². The molecule has 0 saturated carbocycles. The highest BCUT2D eigenvalue weighted by Crippen LogP contribution is 2.26. The van der Waals surface area contributed by atoms with E-state index in [-0.39, 0.29) is 12.0 Å². The molecule has 2 heterocycles. The molecule has 23 heavy (non-hydrogen) atoms. The van der Waals surface area contributed by atoms with Crippen molar-refractivity contribution in [2.24, 2.45) is 0 Å². The van der Waals surface area contributed by atoms with Gasteiger partial charge in [-0.05, 0) is 34.1 Å². The molecule has 6 nitrogen and oxygen atoms in total. The summed E-state index contributed by atoms with van der Waals surface area (Å²) in [6.07, 6.45) is 0.857. The third-order valence-electron chi connectivity index (χ3n) is 3.26. The first-order chi connectivity index (χ1) is 10.9. The average molecular weight is 334 g/mol. The number of hydrogen-bond acceptors (Lipinski definition) is 7. The van der Waals surface area contributed by atoms with E-state index in [1.807, 2.05) is 26.8 Å². The maximum absolute atomic E-state index is 11.9. The summed E-state index contributed by atoms with van der Waals surface area (Å²) < 4.78 is 5.06. The fourth-order valence-corrected chi connectivity index (χ4v) is 3.12. The molecule has 124 valence electrons. The molecule has 7 heteroatoms. The van der Waals surface area contributed by atoms with Crippen LogP contribution in [0, 0.1) is 13.8 Å². The van der Waals surface area contributed by atoms with Crippen LogP contribution in [0.3, 0.4) is 0 Å². The summed E-state index contributed by atoms with van der Waals surface area (Å²) in [5, 5.41) is 4.16. The van der Waals surface area contributed by atoms with Crippen LogP contribution in [0.2, 0.25) is 0 Å². The lowest BCUT2D eigenvalue weighted by Crippen LogP contribution is -2.09. The Labute approximate surface area is 140 Å². The Morgan fingerprint density at radius 2 is 2.04 bits per heavy atom. The summed E-state index contributed by atoms with van der Waals surface area (Å²) in [7, 11) is 0. The number of nitrogens with zero attached hydrogens (tertiary/aromatic N) is 3. The summed E-state index contributed by atoms with van der Waals surface area (Å²) in [5.74, 6) is 1.20. The van der Waals surface area contributed by atoms with Gasteiger partial charge >= 0.3 is 5.97 Å². The first-order valence-corrected chi connectivity index (χ1v) is 8.51. The van der Waals surface area contributed by atoms with E-state index in [4.69, 9.17) is 4.74 Å². The lowest BCUT2D eigenvalue weighted by Gasteiger charge is -2.13. The number of carbonyl (C=O) groups is 1. The van der Waals surface area contributed by atoms with Gasteiger partial charge in [0.05, 0.1) is 18.3 Å². The molecule has 0 fully saturated rings. The molecule has 0 bridgehead atoms. The summed E-state index contributed by atoms with van der Waals surface area (Å²) in [5.41, 5.74) is 1.69. The quantitative estimate of drug-likeness (QED) is 0.815. The van der Waals surface area contributed by atoms with Crippen molar-refractivity contribution in [2.45, 2.75) is 47.1 Å². The SMILES string of the molecule is CCOC(=O)c1sc(C(C)Nc2cc(CC)nc(C)n2)nc1C. The first-order valence-electron chi connectivity index (χ1n) is 7.70. The lowest BCUT2D eigenvalue weighted by molar-refractivity contribution is 0.0531. The molecule has 0 radical (unpaired) electrons. The van der Waals surface area contributed by atoms with E-state index in [1.54, 1.807) is 6.92 Å². The van der Waals surface area contributed by atoms with Crippen LogP contribution in [-0.4, -0.2) is 27.5 Å².